The average molecular weight is 473 g/mol. The zero-order valence-electron chi connectivity index (χ0n) is 17.5. The summed E-state index contributed by atoms with van der Waals surface area (Å²) in [7, 11) is 0. The third kappa shape index (κ3) is 4.00. The topological polar surface area (TPSA) is 122 Å². The van der Waals surface area contributed by atoms with Crippen LogP contribution in [0.25, 0.3) is 17.0 Å². The number of carboxylic acid groups (broad SMARTS) is 1. The predicted molar refractivity (Wildman–Crippen MR) is 114 cm³/mol. The maximum absolute atomic E-state index is 12.8. The normalized spacial score (nSPS) is 16.4. The largest absolute Gasteiger partial charge is 0.478 e. The number of carboxylic acids is 1. The molecule has 4 heterocycles. The van der Waals surface area contributed by atoms with Crippen molar-refractivity contribution in [3.05, 3.63) is 64.3 Å². The first kappa shape index (κ1) is 21.7. The van der Waals surface area contributed by atoms with Crippen molar-refractivity contribution in [3.63, 3.8) is 0 Å². The molecule has 1 atom stereocenters. The predicted octanol–water partition coefficient (Wildman–Crippen LogP) is 2.55. The lowest BCUT2D eigenvalue weighted by atomic mass is 10.1. The zero-order valence-corrected chi connectivity index (χ0v) is 17.5. The monoisotopic (exact) mass is 473 g/mol. The van der Waals surface area contributed by atoms with Gasteiger partial charge in [0.25, 0.3) is 5.56 Å². The minimum atomic E-state index is -4.37. The van der Waals surface area contributed by atoms with Crippen LogP contribution in [0, 0.1) is 5.92 Å². The van der Waals surface area contributed by atoms with Crippen LogP contribution in [0.3, 0.4) is 0 Å². The summed E-state index contributed by atoms with van der Waals surface area (Å²) in [6.45, 7) is 1.73. The van der Waals surface area contributed by atoms with E-state index in [-0.39, 0.29) is 22.9 Å². The first-order chi connectivity index (χ1) is 16.2. The van der Waals surface area contributed by atoms with E-state index in [1.807, 2.05) is 4.90 Å². The van der Waals surface area contributed by atoms with Crippen molar-refractivity contribution < 1.29 is 23.1 Å². The Bertz CT molecular complexity index is 1420. The number of rotatable bonds is 5. The second-order valence-corrected chi connectivity index (χ2v) is 8.07. The number of halogens is 3. The molecule has 176 valence electrons. The van der Waals surface area contributed by atoms with Gasteiger partial charge in [-0.3, -0.25) is 14.5 Å². The lowest BCUT2D eigenvalue weighted by molar-refractivity contribution is -0.137. The lowest BCUT2D eigenvalue weighted by Gasteiger charge is -2.19. The van der Waals surface area contributed by atoms with Crippen LogP contribution in [0.4, 0.5) is 18.9 Å². The Labute approximate surface area is 189 Å². The van der Waals surface area contributed by atoms with Gasteiger partial charge in [-0.2, -0.15) is 23.4 Å². The van der Waals surface area contributed by atoms with E-state index in [9.17, 15) is 22.8 Å². The number of hydrogen-bond acceptors (Lipinski definition) is 6. The molecule has 0 radical (unpaired) electrons. The van der Waals surface area contributed by atoms with E-state index in [2.05, 4.69) is 20.2 Å². The number of aromatic nitrogens is 6. The summed E-state index contributed by atoms with van der Waals surface area (Å²) in [5.41, 5.74) is 0.158. The van der Waals surface area contributed by atoms with Crippen LogP contribution in [0.15, 0.2) is 47.7 Å². The molecule has 1 aromatic carbocycles. The second kappa shape index (κ2) is 8.01. The standard InChI is InChI=1S/C21H18F3N7O3/c22-21(23,24)14-1-3-15(4-2-14)29-6-5-12(9-29)10-30-17-16(8-26-30)27-20(28-18(17)32)31-11-13(7-25-31)19(33)34/h1-4,7-8,11-12H,5-6,9-10H2,(H,33,34)(H,27,28,32)/t12-/m1/s1. The summed E-state index contributed by atoms with van der Waals surface area (Å²) in [5, 5.41) is 17.2. The number of aromatic carboxylic acids is 1. The number of carbonyl (C=O) groups is 1. The number of fused-ring (bicyclic) bond motifs is 1. The maximum atomic E-state index is 12.8. The second-order valence-electron chi connectivity index (χ2n) is 8.07. The minimum Gasteiger partial charge on any atom is -0.478 e. The number of nitrogens with zero attached hydrogens (tertiary/aromatic N) is 6. The third-order valence-electron chi connectivity index (χ3n) is 5.81. The summed E-state index contributed by atoms with van der Waals surface area (Å²) < 4.78 is 41.1. The molecule has 0 aliphatic carbocycles. The van der Waals surface area contributed by atoms with E-state index in [1.165, 1.54) is 29.2 Å². The molecule has 0 bridgehead atoms. The van der Waals surface area contributed by atoms with Gasteiger partial charge in [0.05, 0.1) is 23.5 Å². The quantitative estimate of drug-likeness (QED) is 0.457. The molecular formula is C21H18F3N7O3. The Morgan fingerprint density at radius 2 is 1.94 bits per heavy atom. The molecule has 1 fully saturated rings. The number of hydrogen-bond donors (Lipinski definition) is 2. The Morgan fingerprint density at radius 3 is 2.62 bits per heavy atom. The van der Waals surface area contributed by atoms with Gasteiger partial charge in [0, 0.05) is 31.5 Å². The van der Waals surface area contributed by atoms with Crippen molar-refractivity contribution >= 4 is 22.7 Å². The van der Waals surface area contributed by atoms with Gasteiger partial charge in [-0.25, -0.2) is 14.5 Å². The SMILES string of the molecule is O=C(O)c1cnn(-c2nc3cnn(C[C@@H]4CCN(c5ccc(C(F)(F)F)cc5)C4)c3c(=O)[nH]2)c1. The number of aromatic amines is 1. The van der Waals surface area contributed by atoms with Crippen molar-refractivity contribution in [2.45, 2.75) is 19.1 Å². The summed E-state index contributed by atoms with van der Waals surface area (Å²) in [6.07, 6.45) is 0.267. The minimum absolute atomic E-state index is 0.0442. The number of H-pyrrole nitrogens is 1. The Kier molecular flexibility index (Phi) is 5.10. The molecule has 10 nitrogen and oxygen atoms in total. The van der Waals surface area contributed by atoms with E-state index in [4.69, 9.17) is 5.11 Å². The molecule has 2 N–H and O–H groups in total. The Hall–Kier alpha value is -4.16. The van der Waals surface area contributed by atoms with Gasteiger partial charge >= 0.3 is 12.1 Å². The Morgan fingerprint density at radius 1 is 1.18 bits per heavy atom. The van der Waals surface area contributed by atoms with Gasteiger partial charge in [-0.1, -0.05) is 0 Å². The van der Waals surface area contributed by atoms with Gasteiger partial charge in [0.1, 0.15) is 5.52 Å². The molecule has 4 aromatic rings. The molecule has 0 amide bonds. The average Bonchev–Trinajstić information content (AvgIpc) is 3.54. The number of benzene rings is 1. The van der Waals surface area contributed by atoms with Crippen LogP contribution in [0.2, 0.25) is 0 Å². The molecular weight excluding hydrogens is 455 g/mol. The molecule has 3 aromatic heterocycles. The van der Waals surface area contributed by atoms with Crippen molar-refractivity contribution in [1.29, 1.82) is 0 Å². The van der Waals surface area contributed by atoms with Crippen molar-refractivity contribution in [3.8, 4) is 5.95 Å². The van der Waals surface area contributed by atoms with Crippen LogP contribution in [0.1, 0.15) is 22.3 Å². The summed E-state index contributed by atoms with van der Waals surface area (Å²) in [5.74, 6) is -0.947. The van der Waals surface area contributed by atoms with Gasteiger partial charge in [-0.15, -0.1) is 0 Å². The van der Waals surface area contributed by atoms with Crippen LogP contribution in [0.5, 0.6) is 0 Å². The molecule has 0 unspecified atom stereocenters. The highest BCUT2D eigenvalue weighted by molar-refractivity contribution is 5.87. The molecule has 1 saturated heterocycles. The van der Waals surface area contributed by atoms with Gasteiger partial charge in [0.15, 0.2) is 5.52 Å². The fraction of sp³-hybridized carbons (Fsp3) is 0.286. The highest BCUT2D eigenvalue weighted by Crippen LogP contribution is 2.32. The third-order valence-corrected chi connectivity index (χ3v) is 5.81. The Balaban J connectivity index is 1.32. The highest BCUT2D eigenvalue weighted by atomic mass is 19.4. The first-order valence-electron chi connectivity index (χ1n) is 10.4. The summed E-state index contributed by atoms with van der Waals surface area (Å²) >= 11 is 0. The molecule has 13 heteroatoms. The van der Waals surface area contributed by atoms with E-state index >= 15 is 0 Å². The fourth-order valence-electron chi connectivity index (χ4n) is 4.11. The number of nitrogens with one attached hydrogen (secondary N) is 1. The molecule has 34 heavy (non-hydrogen) atoms. The smallest absolute Gasteiger partial charge is 0.416 e. The molecule has 0 spiro atoms. The van der Waals surface area contributed by atoms with E-state index in [1.54, 1.807) is 4.68 Å². The van der Waals surface area contributed by atoms with Crippen molar-refractivity contribution in [1.82, 2.24) is 29.5 Å². The number of alkyl halides is 3. The van der Waals surface area contributed by atoms with Gasteiger partial charge in [-0.05, 0) is 36.6 Å². The molecule has 1 aliphatic rings. The van der Waals surface area contributed by atoms with Gasteiger partial charge in [0.2, 0.25) is 5.95 Å². The number of anilines is 1. The van der Waals surface area contributed by atoms with E-state index < -0.39 is 23.3 Å². The highest BCUT2D eigenvalue weighted by Gasteiger charge is 2.31. The van der Waals surface area contributed by atoms with Gasteiger partial charge < -0.3 is 10.0 Å². The molecule has 0 saturated carbocycles. The fourth-order valence-corrected chi connectivity index (χ4v) is 4.11. The first-order valence-corrected chi connectivity index (χ1v) is 10.4. The van der Waals surface area contributed by atoms with Crippen LogP contribution in [-0.2, 0) is 12.7 Å². The summed E-state index contributed by atoms with van der Waals surface area (Å²) in [6, 6.07) is 5.09. The lowest BCUT2D eigenvalue weighted by Crippen LogP contribution is -2.23. The van der Waals surface area contributed by atoms with Crippen molar-refractivity contribution in [2.75, 3.05) is 18.0 Å². The maximum Gasteiger partial charge on any atom is 0.416 e. The van der Waals surface area contributed by atoms with Crippen LogP contribution >= 0.6 is 0 Å². The molecule has 5 rings (SSSR count). The van der Waals surface area contributed by atoms with E-state index in [0.29, 0.717) is 30.8 Å². The van der Waals surface area contributed by atoms with Crippen molar-refractivity contribution in [2.24, 2.45) is 5.92 Å². The summed E-state index contributed by atoms with van der Waals surface area (Å²) in [4.78, 5) is 32.7. The van der Waals surface area contributed by atoms with Crippen LogP contribution < -0.4 is 10.5 Å². The zero-order chi connectivity index (χ0) is 24.0. The van der Waals surface area contributed by atoms with Crippen LogP contribution in [-0.4, -0.2) is 53.7 Å². The molecule has 1 aliphatic heterocycles. The van der Waals surface area contributed by atoms with E-state index in [0.717, 1.165) is 24.8 Å².